The summed E-state index contributed by atoms with van der Waals surface area (Å²) < 4.78 is 28.8. The normalized spacial score (nSPS) is 19.4. The fourth-order valence-corrected chi connectivity index (χ4v) is 7.39. The number of benzene rings is 1. The summed E-state index contributed by atoms with van der Waals surface area (Å²) >= 11 is 0. The number of sulfonamides is 1. The second-order valence-electron chi connectivity index (χ2n) is 9.65. The van der Waals surface area contributed by atoms with Crippen LogP contribution in [0.15, 0.2) is 28.7 Å². The minimum atomic E-state index is -3.64. The largest absolute Gasteiger partial charge is 0.348 e. The summed E-state index contributed by atoms with van der Waals surface area (Å²) in [5.74, 6) is -1.29. The van der Waals surface area contributed by atoms with Crippen LogP contribution >= 0.6 is 0 Å². The van der Waals surface area contributed by atoms with E-state index in [1.165, 1.54) is 18.4 Å². The molecule has 34 heavy (non-hydrogen) atoms. The summed E-state index contributed by atoms with van der Waals surface area (Å²) in [5.41, 5.74) is 3.91. The predicted molar refractivity (Wildman–Crippen MR) is 134 cm³/mol. The number of nitrogens with one attached hydrogen (secondary N) is 2. The molecule has 8 heteroatoms. The molecule has 0 radical (unpaired) electrons. The summed E-state index contributed by atoms with van der Waals surface area (Å²) in [6.45, 7) is 6.85. The molecule has 1 aliphatic heterocycles. The summed E-state index contributed by atoms with van der Waals surface area (Å²) in [4.78, 5) is 24.7. The number of rotatable bonds is 8. The summed E-state index contributed by atoms with van der Waals surface area (Å²) in [7, 11) is -3.64. The van der Waals surface area contributed by atoms with Crippen LogP contribution < -0.4 is 10.6 Å². The average molecular weight is 490 g/mol. The third kappa shape index (κ3) is 6.69. The van der Waals surface area contributed by atoms with E-state index in [2.05, 4.69) is 16.7 Å². The van der Waals surface area contributed by atoms with Gasteiger partial charge in [-0.2, -0.15) is 4.31 Å². The van der Waals surface area contributed by atoms with Crippen LogP contribution in [0.1, 0.15) is 74.5 Å². The number of aryl methyl sites for hydroxylation is 3. The van der Waals surface area contributed by atoms with Crippen molar-refractivity contribution in [3.8, 4) is 0 Å². The van der Waals surface area contributed by atoms with Crippen LogP contribution in [0.3, 0.4) is 0 Å². The van der Waals surface area contributed by atoms with E-state index in [-0.39, 0.29) is 12.6 Å². The third-order valence-electron chi connectivity index (χ3n) is 6.83. The van der Waals surface area contributed by atoms with Crippen LogP contribution in [-0.4, -0.2) is 50.2 Å². The van der Waals surface area contributed by atoms with Gasteiger partial charge in [0.15, 0.2) is 0 Å². The van der Waals surface area contributed by atoms with Gasteiger partial charge in [0.05, 0.1) is 4.90 Å². The zero-order chi connectivity index (χ0) is 24.7. The maximum Gasteiger partial charge on any atom is 0.309 e. The Labute approximate surface area is 204 Å². The molecule has 188 valence electrons. The van der Waals surface area contributed by atoms with Crippen molar-refractivity contribution in [3.05, 3.63) is 40.5 Å². The SMILES string of the molecule is Cc1cc(C)c(S(=O)(=O)N2CCCC[C@H]2CCNC(=O)C(=O)NCCC2=CCCCC2)c(C)c1. The molecule has 0 unspecified atom stereocenters. The van der Waals surface area contributed by atoms with E-state index in [1.54, 1.807) is 4.31 Å². The Morgan fingerprint density at radius 2 is 1.65 bits per heavy atom. The predicted octanol–water partition coefficient (Wildman–Crippen LogP) is 3.67. The molecule has 1 heterocycles. The maximum absolute atomic E-state index is 13.6. The molecule has 1 saturated heterocycles. The van der Waals surface area contributed by atoms with Crippen molar-refractivity contribution in [2.45, 2.75) is 89.5 Å². The minimum absolute atomic E-state index is 0.194. The molecular formula is C26H39N3O4S. The van der Waals surface area contributed by atoms with Gasteiger partial charge in [0, 0.05) is 25.7 Å². The number of carbonyl (C=O) groups is 2. The lowest BCUT2D eigenvalue weighted by Gasteiger charge is -2.35. The Bertz CT molecular complexity index is 1010. The Kier molecular flexibility index (Phi) is 9.31. The summed E-state index contributed by atoms with van der Waals surface area (Å²) in [5, 5.41) is 5.36. The lowest BCUT2D eigenvalue weighted by Crippen LogP contribution is -2.46. The molecule has 3 rings (SSSR count). The molecule has 0 aromatic heterocycles. The van der Waals surface area contributed by atoms with Crippen molar-refractivity contribution in [2.24, 2.45) is 0 Å². The number of hydrogen-bond acceptors (Lipinski definition) is 4. The van der Waals surface area contributed by atoms with Gasteiger partial charge in [-0.05, 0) is 83.3 Å². The molecule has 1 aliphatic carbocycles. The third-order valence-corrected chi connectivity index (χ3v) is 9.09. The van der Waals surface area contributed by atoms with Crippen molar-refractivity contribution in [2.75, 3.05) is 19.6 Å². The van der Waals surface area contributed by atoms with Crippen LogP contribution in [0.2, 0.25) is 0 Å². The Hall–Kier alpha value is -2.19. The molecule has 2 aliphatic rings. The molecule has 1 atom stereocenters. The smallest absolute Gasteiger partial charge is 0.309 e. The molecule has 0 spiro atoms. The number of nitrogens with zero attached hydrogens (tertiary/aromatic N) is 1. The second kappa shape index (κ2) is 12.0. The van der Waals surface area contributed by atoms with E-state index in [9.17, 15) is 18.0 Å². The fourth-order valence-electron chi connectivity index (χ4n) is 5.25. The van der Waals surface area contributed by atoms with E-state index in [0.29, 0.717) is 24.4 Å². The molecule has 1 aromatic carbocycles. The highest BCUT2D eigenvalue weighted by Crippen LogP contribution is 2.31. The Balaban J connectivity index is 1.53. The van der Waals surface area contributed by atoms with Crippen molar-refractivity contribution in [1.82, 2.24) is 14.9 Å². The monoisotopic (exact) mass is 489 g/mol. The number of carbonyl (C=O) groups excluding carboxylic acids is 2. The van der Waals surface area contributed by atoms with Crippen LogP contribution in [0.5, 0.6) is 0 Å². The molecule has 0 saturated carbocycles. The highest BCUT2D eigenvalue weighted by atomic mass is 32.2. The van der Waals surface area contributed by atoms with Crippen LogP contribution in [0.4, 0.5) is 0 Å². The van der Waals surface area contributed by atoms with Crippen LogP contribution in [-0.2, 0) is 19.6 Å². The van der Waals surface area contributed by atoms with Crippen molar-refractivity contribution in [1.29, 1.82) is 0 Å². The van der Waals surface area contributed by atoms with Gasteiger partial charge in [0.25, 0.3) is 0 Å². The van der Waals surface area contributed by atoms with Gasteiger partial charge in [-0.1, -0.05) is 35.8 Å². The Morgan fingerprint density at radius 1 is 0.971 bits per heavy atom. The lowest BCUT2D eigenvalue weighted by molar-refractivity contribution is -0.139. The van der Waals surface area contributed by atoms with E-state index < -0.39 is 21.8 Å². The molecule has 2 N–H and O–H groups in total. The van der Waals surface area contributed by atoms with Crippen LogP contribution in [0.25, 0.3) is 0 Å². The molecule has 7 nitrogen and oxygen atoms in total. The molecule has 0 bridgehead atoms. The van der Waals surface area contributed by atoms with Gasteiger partial charge in [0.1, 0.15) is 0 Å². The zero-order valence-corrected chi connectivity index (χ0v) is 21.6. The van der Waals surface area contributed by atoms with Crippen molar-refractivity contribution < 1.29 is 18.0 Å². The summed E-state index contributed by atoms with van der Waals surface area (Å²) in [6, 6.07) is 3.62. The molecular weight excluding hydrogens is 450 g/mol. The second-order valence-corrected chi connectivity index (χ2v) is 11.5. The molecule has 2 amide bonds. The number of amides is 2. The minimum Gasteiger partial charge on any atom is -0.348 e. The van der Waals surface area contributed by atoms with Gasteiger partial charge >= 0.3 is 11.8 Å². The highest BCUT2D eigenvalue weighted by molar-refractivity contribution is 7.89. The number of allylic oxidation sites excluding steroid dienone is 1. The summed E-state index contributed by atoms with van der Waals surface area (Å²) in [6.07, 6.45) is 10.6. The van der Waals surface area contributed by atoms with Crippen molar-refractivity contribution in [3.63, 3.8) is 0 Å². The lowest BCUT2D eigenvalue weighted by atomic mass is 9.97. The van der Waals surface area contributed by atoms with E-state index in [4.69, 9.17) is 0 Å². The van der Waals surface area contributed by atoms with E-state index in [0.717, 1.165) is 55.2 Å². The molecule has 1 aromatic rings. The van der Waals surface area contributed by atoms with Gasteiger partial charge in [-0.25, -0.2) is 8.42 Å². The van der Waals surface area contributed by atoms with Gasteiger partial charge in [0.2, 0.25) is 10.0 Å². The van der Waals surface area contributed by atoms with Gasteiger partial charge in [-0.15, -0.1) is 0 Å². The quantitative estimate of drug-likeness (QED) is 0.430. The van der Waals surface area contributed by atoms with Crippen molar-refractivity contribution >= 4 is 21.8 Å². The first-order chi connectivity index (χ1) is 16.2. The van der Waals surface area contributed by atoms with E-state index in [1.807, 2.05) is 32.9 Å². The highest BCUT2D eigenvalue weighted by Gasteiger charge is 2.35. The first-order valence-corrected chi connectivity index (χ1v) is 14.0. The zero-order valence-electron chi connectivity index (χ0n) is 20.8. The van der Waals surface area contributed by atoms with Crippen LogP contribution in [0, 0.1) is 20.8 Å². The number of piperidine rings is 1. The fraction of sp³-hybridized carbons (Fsp3) is 0.615. The first-order valence-electron chi connectivity index (χ1n) is 12.5. The van der Waals surface area contributed by atoms with Gasteiger partial charge < -0.3 is 10.6 Å². The Morgan fingerprint density at radius 3 is 2.29 bits per heavy atom. The molecule has 1 fully saturated rings. The maximum atomic E-state index is 13.6. The standard InChI is InChI=1S/C26H39N3O4S/c1-19-17-20(2)24(21(3)18-19)34(32,33)29-16-8-7-11-23(29)13-15-28-26(31)25(30)27-14-12-22-9-5-4-6-10-22/h9,17-18,23H,4-8,10-16H2,1-3H3,(H,27,30)(H,28,31)/t23-/m0/s1. The first kappa shape index (κ1) is 26.4. The van der Waals surface area contributed by atoms with Gasteiger partial charge in [-0.3, -0.25) is 9.59 Å². The topological polar surface area (TPSA) is 95.6 Å². The average Bonchev–Trinajstić information content (AvgIpc) is 2.79. The van der Waals surface area contributed by atoms with E-state index >= 15 is 0 Å². The number of hydrogen-bond donors (Lipinski definition) is 2.